The van der Waals surface area contributed by atoms with Gasteiger partial charge in [0.1, 0.15) is 5.65 Å². The summed E-state index contributed by atoms with van der Waals surface area (Å²) in [5.41, 5.74) is 3.28. The Morgan fingerprint density at radius 2 is 2.00 bits per heavy atom. The first-order chi connectivity index (χ1) is 11.7. The van der Waals surface area contributed by atoms with Crippen molar-refractivity contribution in [2.75, 3.05) is 0 Å². The molecule has 7 heteroatoms. The molecule has 0 aliphatic rings. The summed E-state index contributed by atoms with van der Waals surface area (Å²) in [6.07, 6.45) is 5.42. The minimum atomic E-state index is -0.00972. The first-order valence-electron chi connectivity index (χ1n) is 8.39. The van der Waals surface area contributed by atoms with E-state index in [2.05, 4.69) is 22.1 Å². The minimum absolute atomic E-state index is 0.00972. The Hall–Kier alpha value is -2.70. The Bertz CT molecular complexity index is 1120. The number of unbranched alkanes of at least 4 members (excludes halogenated alkanes) is 1. The van der Waals surface area contributed by atoms with Gasteiger partial charge in [-0.15, -0.1) is 0 Å². The van der Waals surface area contributed by atoms with Crippen molar-refractivity contribution in [3.63, 3.8) is 0 Å². The molecule has 0 N–H and O–H groups in total. The predicted molar refractivity (Wildman–Crippen MR) is 93.4 cm³/mol. The van der Waals surface area contributed by atoms with E-state index in [-0.39, 0.29) is 5.56 Å². The van der Waals surface area contributed by atoms with Crippen LogP contribution < -0.4 is 5.56 Å². The van der Waals surface area contributed by atoms with E-state index in [1.165, 1.54) is 0 Å². The molecule has 4 aromatic heterocycles. The van der Waals surface area contributed by atoms with E-state index in [0.29, 0.717) is 11.9 Å². The number of hydrogen-bond donors (Lipinski definition) is 0. The number of fused-ring (bicyclic) bond motifs is 5. The molecule has 24 heavy (non-hydrogen) atoms. The van der Waals surface area contributed by atoms with E-state index in [0.717, 1.165) is 47.3 Å². The summed E-state index contributed by atoms with van der Waals surface area (Å²) in [6, 6.07) is 1.97. The molecule has 0 amide bonds. The highest BCUT2D eigenvalue weighted by atomic mass is 16.1. The van der Waals surface area contributed by atoms with Crippen molar-refractivity contribution < 1.29 is 0 Å². The molecule has 0 fully saturated rings. The smallest absolute Gasteiger partial charge is 0.263 e. The maximum atomic E-state index is 13.0. The van der Waals surface area contributed by atoms with Crippen molar-refractivity contribution in [3.8, 4) is 0 Å². The third-order valence-electron chi connectivity index (χ3n) is 4.45. The molecule has 124 valence electrons. The van der Waals surface area contributed by atoms with Crippen LogP contribution in [0.1, 0.15) is 32.4 Å². The predicted octanol–water partition coefficient (Wildman–Crippen LogP) is 2.52. The molecule has 0 radical (unpaired) electrons. The zero-order chi connectivity index (χ0) is 16.8. The average Bonchev–Trinajstić information content (AvgIpc) is 3.17. The van der Waals surface area contributed by atoms with Crippen molar-refractivity contribution in [3.05, 3.63) is 34.5 Å². The molecular weight excluding hydrogens is 304 g/mol. The molecule has 4 aromatic rings. The first-order valence-corrected chi connectivity index (χ1v) is 8.39. The number of hydrogen-bond acceptors (Lipinski definition) is 4. The third-order valence-corrected chi connectivity index (χ3v) is 4.45. The molecule has 0 saturated heterocycles. The number of rotatable bonds is 4. The number of nitrogens with zero attached hydrogens (tertiary/aromatic N) is 6. The summed E-state index contributed by atoms with van der Waals surface area (Å²) in [7, 11) is 0. The van der Waals surface area contributed by atoms with Gasteiger partial charge in [-0.2, -0.15) is 10.2 Å². The second-order valence-electron chi connectivity index (χ2n) is 6.08. The summed E-state index contributed by atoms with van der Waals surface area (Å²) in [4.78, 5) is 17.5. The standard InChI is InChI=1S/C17H20N6O/c1-4-6-7-21-14-8-11(3)20-23(14)15-12-10-19-22(5-2)16(12)18-9-13(15)17(21)24/h8-10H,4-7H2,1-3H3. The Balaban J connectivity index is 2.20. The molecule has 0 aliphatic carbocycles. The van der Waals surface area contributed by atoms with Crippen molar-refractivity contribution in [1.82, 2.24) is 28.9 Å². The van der Waals surface area contributed by atoms with Gasteiger partial charge in [-0.25, -0.2) is 14.2 Å². The van der Waals surface area contributed by atoms with Gasteiger partial charge in [-0.3, -0.25) is 9.36 Å². The molecular formula is C17H20N6O. The summed E-state index contributed by atoms with van der Waals surface area (Å²) < 4.78 is 5.51. The van der Waals surface area contributed by atoms with Gasteiger partial charge < -0.3 is 0 Å². The Morgan fingerprint density at radius 1 is 1.17 bits per heavy atom. The van der Waals surface area contributed by atoms with Crippen molar-refractivity contribution >= 4 is 27.6 Å². The van der Waals surface area contributed by atoms with Crippen molar-refractivity contribution in [1.29, 1.82) is 0 Å². The molecule has 0 spiro atoms. The lowest BCUT2D eigenvalue weighted by molar-refractivity contribution is 0.623. The van der Waals surface area contributed by atoms with E-state index >= 15 is 0 Å². The number of pyridine rings is 1. The summed E-state index contributed by atoms with van der Waals surface area (Å²) in [5, 5.41) is 10.5. The number of aryl methyl sites for hydroxylation is 3. The Labute approximate surface area is 138 Å². The molecule has 0 bridgehead atoms. The van der Waals surface area contributed by atoms with Crippen LogP contribution in [0.3, 0.4) is 0 Å². The highest BCUT2D eigenvalue weighted by Gasteiger charge is 2.17. The fraction of sp³-hybridized carbons (Fsp3) is 0.412. The molecule has 0 unspecified atom stereocenters. The molecule has 4 heterocycles. The van der Waals surface area contributed by atoms with Gasteiger partial charge in [0.2, 0.25) is 0 Å². The van der Waals surface area contributed by atoms with Crippen LogP contribution in [-0.2, 0) is 13.1 Å². The minimum Gasteiger partial charge on any atom is -0.292 e. The zero-order valence-corrected chi connectivity index (χ0v) is 14.2. The van der Waals surface area contributed by atoms with Crippen LogP contribution in [0.4, 0.5) is 0 Å². The first kappa shape index (κ1) is 14.9. The van der Waals surface area contributed by atoms with Crippen LogP contribution in [0.25, 0.3) is 27.6 Å². The van der Waals surface area contributed by atoms with Crippen LogP contribution in [-0.4, -0.2) is 28.9 Å². The molecule has 4 rings (SSSR count). The average molecular weight is 324 g/mol. The summed E-state index contributed by atoms with van der Waals surface area (Å²) in [6.45, 7) is 7.51. The van der Waals surface area contributed by atoms with Gasteiger partial charge >= 0.3 is 0 Å². The van der Waals surface area contributed by atoms with E-state index in [9.17, 15) is 4.79 Å². The quantitative estimate of drug-likeness (QED) is 0.578. The lowest BCUT2D eigenvalue weighted by Gasteiger charge is -2.11. The molecule has 0 aromatic carbocycles. The van der Waals surface area contributed by atoms with Gasteiger partial charge in [0.05, 0.1) is 28.2 Å². The maximum Gasteiger partial charge on any atom is 0.263 e. The van der Waals surface area contributed by atoms with Gasteiger partial charge in [-0.05, 0) is 20.3 Å². The molecule has 0 aliphatic heterocycles. The second-order valence-corrected chi connectivity index (χ2v) is 6.08. The summed E-state index contributed by atoms with van der Waals surface area (Å²) in [5.74, 6) is 0. The van der Waals surface area contributed by atoms with Crippen molar-refractivity contribution in [2.24, 2.45) is 0 Å². The highest BCUT2D eigenvalue weighted by Crippen LogP contribution is 2.23. The largest absolute Gasteiger partial charge is 0.292 e. The van der Waals surface area contributed by atoms with Crippen LogP contribution in [0.5, 0.6) is 0 Å². The van der Waals surface area contributed by atoms with Gasteiger partial charge in [-0.1, -0.05) is 13.3 Å². The molecule has 0 saturated carbocycles. The molecule has 7 nitrogen and oxygen atoms in total. The van der Waals surface area contributed by atoms with Crippen LogP contribution in [0, 0.1) is 6.92 Å². The van der Waals surface area contributed by atoms with Crippen LogP contribution in [0.2, 0.25) is 0 Å². The fourth-order valence-corrected chi connectivity index (χ4v) is 3.25. The van der Waals surface area contributed by atoms with Gasteiger partial charge in [0.25, 0.3) is 5.56 Å². The van der Waals surface area contributed by atoms with Crippen LogP contribution in [0.15, 0.2) is 23.3 Å². The zero-order valence-electron chi connectivity index (χ0n) is 14.2. The maximum absolute atomic E-state index is 13.0. The van der Waals surface area contributed by atoms with E-state index in [1.807, 2.05) is 33.7 Å². The SMILES string of the molecule is CCCCn1c(=O)c2cnc3c(cnn3CC)c2n2nc(C)cc12. The topological polar surface area (TPSA) is 70.0 Å². The Morgan fingerprint density at radius 3 is 2.75 bits per heavy atom. The second kappa shape index (κ2) is 5.43. The fourth-order valence-electron chi connectivity index (χ4n) is 3.25. The van der Waals surface area contributed by atoms with Crippen molar-refractivity contribution in [2.45, 2.75) is 46.7 Å². The normalized spacial score (nSPS) is 12.0. The lowest BCUT2D eigenvalue weighted by Crippen LogP contribution is -2.23. The highest BCUT2D eigenvalue weighted by molar-refractivity contribution is 6.02. The summed E-state index contributed by atoms with van der Waals surface area (Å²) >= 11 is 0. The monoisotopic (exact) mass is 324 g/mol. The van der Waals surface area contributed by atoms with Crippen LogP contribution >= 0.6 is 0 Å². The van der Waals surface area contributed by atoms with E-state index in [1.54, 1.807) is 12.4 Å². The molecule has 0 atom stereocenters. The Kier molecular flexibility index (Phi) is 3.37. The lowest BCUT2D eigenvalue weighted by atomic mass is 10.2. The van der Waals surface area contributed by atoms with Gasteiger partial charge in [0.15, 0.2) is 5.65 Å². The third kappa shape index (κ3) is 1.97. The van der Waals surface area contributed by atoms with E-state index in [4.69, 9.17) is 0 Å². The number of aromatic nitrogens is 6. The van der Waals surface area contributed by atoms with Gasteiger partial charge in [0, 0.05) is 25.4 Å². The van der Waals surface area contributed by atoms with E-state index < -0.39 is 0 Å².